The van der Waals surface area contributed by atoms with Gasteiger partial charge in [-0.05, 0) is 19.1 Å². The van der Waals surface area contributed by atoms with E-state index in [0.717, 1.165) is 6.07 Å². The molecule has 68 valence electrons. The second kappa shape index (κ2) is 3.06. The molecule has 2 N–H and O–H groups in total. The molecule has 0 radical (unpaired) electrons. The first-order chi connectivity index (χ1) is 5.41. The van der Waals surface area contributed by atoms with Crippen LogP contribution in [0.1, 0.15) is 22.7 Å². The summed E-state index contributed by atoms with van der Waals surface area (Å²) >= 11 is 0.698. The standard InChI is InChI=1S/C7H8F3NS/c1-4(11)5-2-3-6(12-5)7(8,9)10/h2-4H,11H2,1H3/t4-/m1/s1. The molecule has 1 nitrogen and oxygen atoms in total. The zero-order valence-corrected chi connectivity index (χ0v) is 7.17. The normalized spacial score (nSPS) is 14.8. The fraction of sp³-hybridized carbons (Fsp3) is 0.429. The second-order valence-electron chi connectivity index (χ2n) is 2.49. The van der Waals surface area contributed by atoms with Crippen LogP contribution in [0.3, 0.4) is 0 Å². The summed E-state index contributed by atoms with van der Waals surface area (Å²) in [7, 11) is 0. The van der Waals surface area contributed by atoms with Gasteiger partial charge in [-0.1, -0.05) is 0 Å². The van der Waals surface area contributed by atoms with Crippen LogP contribution in [0, 0.1) is 0 Å². The molecular weight excluding hydrogens is 187 g/mol. The lowest BCUT2D eigenvalue weighted by Crippen LogP contribution is -2.02. The number of alkyl halides is 3. The maximum absolute atomic E-state index is 12.0. The predicted molar refractivity (Wildman–Crippen MR) is 41.9 cm³/mol. The summed E-state index contributed by atoms with van der Waals surface area (Å²) in [6.07, 6.45) is -4.24. The highest BCUT2D eigenvalue weighted by molar-refractivity contribution is 7.12. The lowest BCUT2D eigenvalue weighted by atomic mass is 10.3. The topological polar surface area (TPSA) is 26.0 Å². The Morgan fingerprint density at radius 1 is 1.42 bits per heavy atom. The summed E-state index contributed by atoms with van der Waals surface area (Å²) in [6, 6.07) is 2.15. The molecular formula is C7H8F3NS. The Morgan fingerprint density at radius 2 is 2.00 bits per heavy atom. The van der Waals surface area contributed by atoms with Gasteiger partial charge in [-0.2, -0.15) is 13.2 Å². The van der Waals surface area contributed by atoms with Crippen LogP contribution in [-0.2, 0) is 6.18 Å². The number of hydrogen-bond donors (Lipinski definition) is 1. The first kappa shape index (κ1) is 9.54. The fourth-order valence-corrected chi connectivity index (χ4v) is 1.58. The molecule has 0 saturated carbocycles. The summed E-state index contributed by atoms with van der Waals surface area (Å²) in [4.78, 5) is -0.0304. The molecule has 0 aliphatic rings. The quantitative estimate of drug-likeness (QED) is 0.732. The number of halogens is 3. The van der Waals surface area contributed by atoms with E-state index in [2.05, 4.69) is 0 Å². The number of thiophene rings is 1. The number of rotatable bonds is 1. The number of hydrogen-bond acceptors (Lipinski definition) is 2. The molecule has 0 bridgehead atoms. The molecule has 0 amide bonds. The zero-order chi connectivity index (χ0) is 9.35. The third kappa shape index (κ3) is 1.98. The third-order valence-corrected chi connectivity index (χ3v) is 2.69. The monoisotopic (exact) mass is 195 g/mol. The van der Waals surface area contributed by atoms with Crippen molar-refractivity contribution in [1.82, 2.24) is 0 Å². The summed E-state index contributed by atoms with van der Waals surface area (Å²) in [5, 5.41) is 0. The van der Waals surface area contributed by atoms with Crippen LogP contribution in [0.5, 0.6) is 0 Å². The minimum absolute atomic E-state index is 0.328. The lowest BCUT2D eigenvalue weighted by molar-refractivity contribution is -0.134. The third-order valence-electron chi connectivity index (χ3n) is 1.35. The van der Waals surface area contributed by atoms with Gasteiger partial charge in [-0.3, -0.25) is 0 Å². The van der Waals surface area contributed by atoms with Gasteiger partial charge in [0.25, 0.3) is 0 Å². The molecule has 0 saturated heterocycles. The van der Waals surface area contributed by atoms with Gasteiger partial charge in [-0.15, -0.1) is 11.3 Å². The molecule has 1 aromatic heterocycles. The molecule has 0 fully saturated rings. The van der Waals surface area contributed by atoms with Crippen molar-refractivity contribution in [3.8, 4) is 0 Å². The maximum atomic E-state index is 12.0. The van der Waals surface area contributed by atoms with Crippen molar-refractivity contribution in [3.63, 3.8) is 0 Å². The SMILES string of the molecule is C[C@@H](N)c1ccc(C(F)(F)F)s1. The molecule has 0 spiro atoms. The van der Waals surface area contributed by atoms with Gasteiger partial charge in [0.2, 0.25) is 0 Å². The molecule has 1 rings (SSSR count). The molecule has 0 unspecified atom stereocenters. The van der Waals surface area contributed by atoms with Crippen molar-refractivity contribution in [1.29, 1.82) is 0 Å². The smallest absolute Gasteiger partial charge is 0.324 e. The summed E-state index contributed by atoms with van der Waals surface area (Å²) in [5.74, 6) is 0. The minimum Gasteiger partial charge on any atom is -0.324 e. The van der Waals surface area contributed by atoms with Gasteiger partial charge in [0, 0.05) is 10.9 Å². The molecule has 12 heavy (non-hydrogen) atoms. The van der Waals surface area contributed by atoms with E-state index < -0.39 is 11.1 Å². The van der Waals surface area contributed by atoms with Crippen molar-refractivity contribution >= 4 is 11.3 Å². The van der Waals surface area contributed by atoms with Gasteiger partial charge >= 0.3 is 6.18 Å². The Bertz CT molecular complexity index is 264. The molecule has 1 atom stereocenters. The Morgan fingerprint density at radius 3 is 2.25 bits per heavy atom. The highest BCUT2D eigenvalue weighted by Crippen LogP contribution is 2.35. The maximum Gasteiger partial charge on any atom is 0.425 e. The predicted octanol–water partition coefficient (Wildman–Crippen LogP) is 2.79. The molecule has 1 aromatic rings. The average molecular weight is 195 g/mol. The van der Waals surface area contributed by atoms with Crippen LogP contribution in [-0.4, -0.2) is 0 Å². The van der Waals surface area contributed by atoms with Gasteiger partial charge in [0.05, 0.1) is 0 Å². The van der Waals surface area contributed by atoms with Crippen LogP contribution < -0.4 is 5.73 Å². The Hall–Kier alpha value is -0.550. The molecule has 5 heteroatoms. The fourth-order valence-electron chi connectivity index (χ4n) is 0.750. The van der Waals surface area contributed by atoms with Crippen LogP contribution >= 0.6 is 11.3 Å². The largest absolute Gasteiger partial charge is 0.425 e. The molecule has 1 heterocycles. The summed E-state index contributed by atoms with van der Waals surface area (Å²) in [5.41, 5.74) is 5.41. The second-order valence-corrected chi connectivity index (χ2v) is 3.60. The van der Waals surface area contributed by atoms with Crippen LogP contribution in [0.15, 0.2) is 12.1 Å². The highest BCUT2D eigenvalue weighted by atomic mass is 32.1. The van der Waals surface area contributed by atoms with E-state index in [-0.39, 0.29) is 6.04 Å². The molecule has 0 aliphatic heterocycles. The highest BCUT2D eigenvalue weighted by Gasteiger charge is 2.32. The van der Waals surface area contributed by atoms with Crippen LogP contribution in [0.2, 0.25) is 0 Å². The molecule has 0 aromatic carbocycles. The van der Waals surface area contributed by atoms with E-state index in [9.17, 15) is 13.2 Å². The van der Waals surface area contributed by atoms with Crippen molar-refractivity contribution < 1.29 is 13.2 Å². The van der Waals surface area contributed by atoms with E-state index in [1.165, 1.54) is 6.07 Å². The Kier molecular flexibility index (Phi) is 2.44. The van der Waals surface area contributed by atoms with Gasteiger partial charge in [-0.25, -0.2) is 0 Å². The van der Waals surface area contributed by atoms with Gasteiger partial charge in [0.15, 0.2) is 0 Å². The van der Waals surface area contributed by atoms with E-state index in [1.807, 2.05) is 0 Å². The Labute approximate surface area is 72.0 Å². The first-order valence-electron chi connectivity index (χ1n) is 3.34. The van der Waals surface area contributed by atoms with E-state index in [1.54, 1.807) is 6.92 Å². The van der Waals surface area contributed by atoms with Crippen LogP contribution in [0.25, 0.3) is 0 Å². The first-order valence-corrected chi connectivity index (χ1v) is 4.15. The Balaban J connectivity index is 2.92. The van der Waals surface area contributed by atoms with Crippen molar-refractivity contribution in [3.05, 3.63) is 21.9 Å². The van der Waals surface area contributed by atoms with Crippen molar-refractivity contribution in [2.45, 2.75) is 19.1 Å². The van der Waals surface area contributed by atoms with Gasteiger partial charge < -0.3 is 5.73 Å². The van der Waals surface area contributed by atoms with Crippen LogP contribution in [0.4, 0.5) is 13.2 Å². The summed E-state index contributed by atoms with van der Waals surface area (Å²) in [6.45, 7) is 1.66. The lowest BCUT2D eigenvalue weighted by Gasteiger charge is -2.02. The summed E-state index contributed by atoms with van der Waals surface area (Å²) < 4.78 is 36.1. The number of nitrogens with two attached hydrogens (primary N) is 1. The van der Waals surface area contributed by atoms with Gasteiger partial charge in [0.1, 0.15) is 4.88 Å². The van der Waals surface area contributed by atoms with Crippen molar-refractivity contribution in [2.75, 3.05) is 0 Å². The average Bonchev–Trinajstić information content (AvgIpc) is 2.30. The van der Waals surface area contributed by atoms with E-state index >= 15 is 0 Å². The van der Waals surface area contributed by atoms with E-state index in [0.29, 0.717) is 16.2 Å². The molecule has 0 aliphatic carbocycles. The van der Waals surface area contributed by atoms with E-state index in [4.69, 9.17) is 5.73 Å². The minimum atomic E-state index is -4.24. The van der Waals surface area contributed by atoms with Crippen molar-refractivity contribution in [2.24, 2.45) is 5.73 Å². The zero-order valence-electron chi connectivity index (χ0n) is 6.35.